The first-order valence-electron chi connectivity index (χ1n) is 8.49. The van der Waals surface area contributed by atoms with Gasteiger partial charge in [-0.25, -0.2) is 14.8 Å². The van der Waals surface area contributed by atoms with Crippen LogP contribution in [0, 0.1) is 0 Å². The van der Waals surface area contributed by atoms with Gasteiger partial charge in [-0.1, -0.05) is 12.1 Å². The molecule has 146 valence electrons. The van der Waals surface area contributed by atoms with E-state index in [1.54, 1.807) is 30.6 Å². The van der Waals surface area contributed by atoms with Crippen molar-refractivity contribution in [2.45, 2.75) is 6.61 Å². The first-order chi connectivity index (χ1) is 13.5. The summed E-state index contributed by atoms with van der Waals surface area (Å²) in [4.78, 5) is 23.9. The van der Waals surface area contributed by atoms with Crippen LogP contribution in [0.1, 0.15) is 15.2 Å². The van der Waals surface area contributed by atoms with Crippen molar-refractivity contribution >= 4 is 39.5 Å². The summed E-state index contributed by atoms with van der Waals surface area (Å²) in [6.07, 6.45) is 3.29. The van der Waals surface area contributed by atoms with Crippen molar-refractivity contribution in [2.24, 2.45) is 4.99 Å². The molecule has 8 heteroatoms. The molecule has 7 nitrogen and oxygen atoms in total. The molecule has 0 saturated heterocycles. The normalized spacial score (nSPS) is 11.0. The van der Waals surface area contributed by atoms with Gasteiger partial charge in [0.15, 0.2) is 0 Å². The second kappa shape index (κ2) is 8.71. The zero-order valence-electron chi connectivity index (χ0n) is 16.1. The summed E-state index contributed by atoms with van der Waals surface area (Å²) in [5, 5.41) is 0.694. The van der Waals surface area contributed by atoms with Crippen LogP contribution in [0.25, 0.3) is 10.2 Å². The largest absolute Gasteiger partial charge is 0.497 e. The predicted octanol–water partition coefficient (Wildman–Crippen LogP) is 3.89. The minimum atomic E-state index is -0.449. The van der Waals surface area contributed by atoms with Gasteiger partial charge in [-0.3, -0.25) is 0 Å². The molecule has 0 unspecified atom stereocenters. The molecule has 0 aliphatic heterocycles. The van der Waals surface area contributed by atoms with Crippen LogP contribution < -0.4 is 9.47 Å². The van der Waals surface area contributed by atoms with Crippen LogP contribution in [0.4, 0.5) is 5.69 Å². The van der Waals surface area contributed by atoms with Crippen molar-refractivity contribution in [1.29, 1.82) is 0 Å². The fourth-order valence-electron chi connectivity index (χ4n) is 2.51. The molecular formula is C20H21N3O4S. The summed E-state index contributed by atoms with van der Waals surface area (Å²) >= 11 is 1.23. The summed E-state index contributed by atoms with van der Waals surface area (Å²) in [7, 11) is 6.69. The number of pyridine rings is 1. The summed E-state index contributed by atoms with van der Waals surface area (Å²) in [5.74, 6) is 0.948. The van der Waals surface area contributed by atoms with Gasteiger partial charge in [-0.15, -0.1) is 11.3 Å². The molecule has 0 aliphatic rings. The number of thiophene rings is 1. The Labute approximate surface area is 167 Å². The standard InChI is InChI=1S/C20H21N3O4S/c1-23(2)12-22-17-16-15(27-11-13-5-7-14(25-3)8-6-13)9-10-21-19(16)28-18(17)20(24)26-4/h5-10,12H,11H2,1-4H3. The molecule has 2 heterocycles. The number of rotatable bonds is 7. The Balaban J connectivity index is 1.99. The Morgan fingerprint density at radius 1 is 1.21 bits per heavy atom. The zero-order chi connectivity index (χ0) is 20.1. The van der Waals surface area contributed by atoms with E-state index in [-0.39, 0.29) is 0 Å². The van der Waals surface area contributed by atoms with Crippen LogP contribution in [0.3, 0.4) is 0 Å². The molecule has 0 aliphatic carbocycles. The molecule has 0 radical (unpaired) electrons. The van der Waals surface area contributed by atoms with E-state index in [0.29, 0.717) is 33.1 Å². The van der Waals surface area contributed by atoms with Crippen LogP contribution in [0.5, 0.6) is 11.5 Å². The zero-order valence-corrected chi connectivity index (χ0v) is 16.9. The van der Waals surface area contributed by atoms with E-state index >= 15 is 0 Å². The maximum Gasteiger partial charge on any atom is 0.350 e. The Hall–Kier alpha value is -3.13. The molecular weight excluding hydrogens is 378 g/mol. The first kappa shape index (κ1) is 19.6. The lowest BCUT2D eigenvalue weighted by Gasteiger charge is -2.09. The van der Waals surface area contributed by atoms with E-state index in [2.05, 4.69) is 9.98 Å². The molecule has 1 aromatic carbocycles. The molecule has 0 bridgehead atoms. The Kier molecular flexibility index (Phi) is 6.10. The Morgan fingerprint density at radius 2 is 1.96 bits per heavy atom. The third-order valence-corrected chi connectivity index (χ3v) is 4.94. The molecule has 0 atom stereocenters. The lowest BCUT2D eigenvalue weighted by atomic mass is 10.2. The van der Waals surface area contributed by atoms with E-state index in [9.17, 15) is 4.79 Å². The van der Waals surface area contributed by atoms with E-state index in [1.165, 1.54) is 18.4 Å². The molecule has 0 spiro atoms. The number of aliphatic imine (C=N–C) groups is 1. The summed E-state index contributed by atoms with van der Waals surface area (Å²) in [6, 6.07) is 9.42. The molecule has 0 saturated carbocycles. The Morgan fingerprint density at radius 3 is 2.61 bits per heavy atom. The summed E-state index contributed by atoms with van der Waals surface area (Å²) in [6.45, 7) is 0.364. The summed E-state index contributed by atoms with van der Waals surface area (Å²) in [5.41, 5.74) is 1.49. The average Bonchev–Trinajstić information content (AvgIpc) is 3.09. The van der Waals surface area contributed by atoms with Crippen molar-refractivity contribution in [1.82, 2.24) is 9.88 Å². The minimum absolute atomic E-state index is 0.364. The van der Waals surface area contributed by atoms with Crippen molar-refractivity contribution < 1.29 is 19.0 Å². The van der Waals surface area contributed by atoms with Crippen LogP contribution in [-0.2, 0) is 11.3 Å². The van der Waals surface area contributed by atoms with Gasteiger partial charge in [0.05, 0.1) is 25.9 Å². The fraction of sp³-hybridized carbons (Fsp3) is 0.250. The number of hydrogen-bond acceptors (Lipinski definition) is 7. The second-order valence-electron chi connectivity index (χ2n) is 6.11. The van der Waals surface area contributed by atoms with Gasteiger partial charge in [0.2, 0.25) is 0 Å². The van der Waals surface area contributed by atoms with Crippen LogP contribution in [-0.4, -0.2) is 50.5 Å². The Bertz CT molecular complexity index is 997. The van der Waals surface area contributed by atoms with E-state index in [4.69, 9.17) is 14.2 Å². The van der Waals surface area contributed by atoms with E-state index in [0.717, 1.165) is 11.3 Å². The highest BCUT2D eigenvalue weighted by Gasteiger charge is 2.22. The third-order valence-electron chi connectivity index (χ3n) is 3.87. The molecule has 0 N–H and O–H groups in total. The number of methoxy groups -OCH3 is 2. The highest BCUT2D eigenvalue weighted by atomic mass is 32.1. The lowest BCUT2D eigenvalue weighted by molar-refractivity contribution is 0.0607. The smallest absolute Gasteiger partial charge is 0.350 e. The van der Waals surface area contributed by atoms with Crippen molar-refractivity contribution in [3.05, 3.63) is 47.0 Å². The number of ether oxygens (including phenoxy) is 3. The van der Waals surface area contributed by atoms with Crippen LogP contribution in [0.2, 0.25) is 0 Å². The van der Waals surface area contributed by atoms with Gasteiger partial charge in [0.1, 0.15) is 33.5 Å². The number of benzene rings is 1. The highest BCUT2D eigenvalue weighted by Crippen LogP contribution is 2.42. The van der Waals surface area contributed by atoms with Crippen molar-refractivity contribution in [2.75, 3.05) is 28.3 Å². The quantitative estimate of drug-likeness (QED) is 0.341. The van der Waals surface area contributed by atoms with Gasteiger partial charge in [0, 0.05) is 20.3 Å². The first-order valence-corrected chi connectivity index (χ1v) is 9.31. The van der Waals surface area contributed by atoms with Crippen molar-refractivity contribution in [3.63, 3.8) is 0 Å². The molecule has 2 aromatic heterocycles. The predicted molar refractivity (Wildman–Crippen MR) is 110 cm³/mol. The number of carbonyl (C=O) groups is 1. The number of esters is 1. The van der Waals surface area contributed by atoms with E-state index < -0.39 is 5.97 Å². The highest BCUT2D eigenvalue weighted by molar-refractivity contribution is 7.21. The molecule has 0 fully saturated rings. The number of hydrogen-bond donors (Lipinski definition) is 0. The van der Waals surface area contributed by atoms with Gasteiger partial charge in [-0.05, 0) is 23.8 Å². The molecule has 28 heavy (non-hydrogen) atoms. The summed E-state index contributed by atoms with van der Waals surface area (Å²) < 4.78 is 16.1. The average molecular weight is 399 g/mol. The van der Waals surface area contributed by atoms with Crippen molar-refractivity contribution in [3.8, 4) is 11.5 Å². The van der Waals surface area contributed by atoms with Gasteiger partial charge < -0.3 is 19.1 Å². The maximum atomic E-state index is 12.2. The topological polar surface area (TPSA) is 73.2 Å². The lowest BCUT2D eigenvalue weighted by Crippen LogP contribution is -2.07. The second-order valence-corrected chi connectivity index (χ2v) is 7.10. The molecule has 3 rings (SSSR count). The third kappa shape index (κ3) is 4.23. The number of carbonyl (C=O) groups excluding carboxylic acids is 1. The minimum Gasteiger partial charge on any atom is -0.497 e. The van der Waals surface area contributed by atoms with Gasteiger partial charge >= 0.3 is 5.97 Å². The maximum absolute atomic E-state index is 12.2. The molecule has 3 aromatic rings. The number of aromatic nitrogens is 1. The monoisotopic (exact) mass is 399 g/mol. The SMILES string of the molecule is COC(=O)c1sc2nccc(OCc3ccc(OC)cc3)c2c1N=CN(C)C. The molecule has 0 amide bonds. The van der Waals surface area contributed by atoms with Crippen LogP contribution in [0.15, 0.2) is 41.5 Å². The van der Waals surface area contributed by atoms with E-state index in [1.807, 2.05) is 38.4 Å². The fourth-order valence-corrected chi connectivity index (χ4v) is 3.53. The number of fused-ring (bicyclic) bond motifs is 1. The van der Waals surface area contributed by atoms with Crippen LogP contribution >= 0.6 is 11.3 Å². The van der Waals surface area contributed by atoms with Gasteiger partial charge in [0.25, 0.3) is 0 Å². The number of nitrogens with zero attached hydrogens (tertiary/aromatic N) is 3. The van der Waals surface area contributed by atoms with Gasteiger partial charge in [-0.2, -0.15) is 0 Å².